The highest BCUT2D eigenvalue weighted by Gasteiger charge is 2.15. The first-order valence-corrected chi connectivity index (χ1v) is 6.34. The molecule has 1 heterocycles. The summed E-state index contributed by atoms with van der Waals surface area (Å²) >= 11 is 0. The largest absolute Gasteiger partial charge is 0.409 e. The van der Waals surface area contributed by atoms with Crippen molar-refractivity contribution in [1.29, 1.82) is 0 Å². The maximum Gasteiger partial charge on any atom is 0.173 e. The van der Waals surface area contributed by atoms with Gasteiger partial charge in [-0.25, -0.2) is 0 Å². The van der Waals surface area contributed by atoms with Crippen LogP contribution in [-0.4, -0.2) is 27.8 Å². The Morgan fingerprint density at radius 1 is 1.30 bits per heavy atom. The molecule has 6 heteroatoms. The van der Waals surface area contributed by atoms with Crippen molar-refractivity contribution in [2.24, 2.45) is 10.9 Å². The minimum absolute atomic E-state index is 0.0291. The lowest BCUT2D eigenvalue weighted by Crippen LogP contribution is -2.27. The monoisotopic (exact) mass is 271 g/mol. The summed E-state index contributed by atoms with van der Waals surface area (Å²) in [7, 11) is 0. The summed E-state index contributed by atoms with van der Waals surface area (Å²) in [6.45, 7) is 3.44. The predicted molar refractivity (Wildman–Crippen MR) is 77.7 cm³/mol. The highest BCUT2D eigenvalue weighted by Crippen LogP contribution is 2.18. The number of amidine groups is 1. The zero-order chi connectivity index (χ0) is 14.4. The fourth-order valence-corrected chi connectivity index (χ4v) is 1.95. The molecule has 1 aromatic heterocycles. The number of benzene rings is 1. The first-order chi connectivity index (χ1) is 9.76. The number of nitrogens with two attached hydrogens (primary N) is 1. The quantitative estimate of drug-likeness (QED) is 0.373. The summed E-state index contributed by atoms with van der Waals surface area (Å²) in [4.78, 5) is 2.02. The van der Waals surface area contributed by atoms with Crippen LogP contribution in [0.5, 0.6) is 0 Å². The van der Waals surface area contributed by atoms with Gasteiger partial charge in [-0.05, 0) is 18.6 Å². The number of rotatable bonds is 5. The third-order valence-corrected chi connectivity index (χ3v) is 2.98. The topological polar surface area (TPSA) is 87.6 Å². The molecule has 0 unspecified atom stereocenters. The smallest absolute Gasteiger partial charge is 0.173 e. The third kappa shape index (κ3) is 3.03. The van der Waals surface area contributed by atoms with E-state index in [9.17, 15) is 0 Å². The molecule has 20 heavy (non-hydrogen) atoms. The number of oxime groups is 1. The molecule has 0 aliphatic rings. The van der Waals surface area contributed by atoms with Gasteiger partial charge in [-0.3, -0.25) is 0 Å². The van der Waals surface area contributed by atoms with Crippen LogP contribution in [0.15, 0.2) is 47.8 Å². The maximum atomic E-state index is 8.85. The summed E-state index contributed by atoms with van der Waals surface area (Å²) in [6.07, 6.45) is 1.52. The van der Waals surface area contributed by atoms with Gasteiger partial charge in [0.05, 0.1) is 11.8 Å². The highest BCUT2D eigenvalue weighted by molar-refractivity contribution is 6.01. The highest BCUT2D eigenvalue weighted by atomic mass is 16.4. The number of hydrogen-bond acceptors (Lipinski definition) is 5. The van der Waals surface area contributed by atoms with Gasteiger partial charge in [-0.2, -0.15) is 5.10 Å². The minimum atomic E-state index is 0.0291. The Morgan fingerprint density at radius 2 is 2.05 bits per heavy atom. The molecule has 2 aromatic rings. The van der Waals surface area contributed by atoms with E-state index in [1.807, 2.05) is 42.2 Å². The van der Waals surface area contributed by atoms with Crippen LogP contribution in [-0.2, 0) is 6.54 Å². The van der Waals surface area contributed by atoms with Gasteiger partial charge in [0.1, 0.15) is 0 Å². The Kier molecular flexibility index (Phi) is 4.49. The van der Waals surface area contributed by atoms with Crippen LogP contribution >= 0.6 is 0 Å². The van der Waals surface area contributed by atoms with Crippen molar-refractivity contribution in [3.8, 4) is 0 Å². The minimum Gasteiger partial charge on any atom is -0.409 e. The van der Waals surface area contributed by atoms with Gasteiger partial charge in [0, 0.05) is 13.1 Å². The van der Waals surface area contributed by atoms with E-state index in [0.29, 0.717) is 17.9 Å². The predicted octanol–water partition coefficient (Wildman–Crippen LogP) is 1.60. The molecule has 0 saturated heterocycles. The van der Waals surface area contributed by atoms with Crippen molar-refractivity contribution >= 4 is 11.7 Å². The van der Waals surface area contributed by atoms with Crippen LogP contribution in [0.1, 0.15) is 18.1 Å². The Bertz CT molecular complexity index is 585. The van der Waals surface area contributed by atoms with Crippen LogP contribution in [0, 0.1) is 0 Å². The first-order valence-electron chi connectivity index (χ1n) is 6.34. The molecule has 1 aromatic carbocycles. The van der Waals surface area contributed by atoms with Gasteiger partial charge < -0.3 is 15.8 Å². The molecule has 3 N–H and O–H groups in total. The molecular formula is C14H17N5O. The third-order valence-electron chi connectivity index (χ3n) is 2.98. The van der Waals surface area contributed by atoms with Crippen molar-refractivity contribution in [3.63, 3.8) is 0 Å². The molecule has 0 amide bonds. The first kappa shape index (κ1) is 13.8. The van der Waals surface area contributed by atoms with Crippen molar-refractivity contribution in [3.05, 3.63) is 53.7 Å². The van der Waals surface area contributed by atoms with E-state index in [1.54, 1.807) is 6.07 Å². The van der Waals surface area contributed by atoms with E-state index >= 15 is 0 Å². The molecule has 0 aliphatic heterocycles. The van der Waals surface area contributed by atoms with E-state index in [4.69, 9.17) is 10.9 Å². The lowest BCUT2D eigenvalue weighted by Gasteiger charge is -2.23. The van der Waals surface area contributed by atoms with E-state index in [-0.39, 0.29) is 5.84 Å². The molecular weight excluding hydrogens is 254 g/mol. The van der Waals surface area contributed by atoms with Crippen molar-refractivity contribution in [1.82, 2.24) is 10.2 Å². The molecule has 0 bridgehead atoms. The lowest BCUT2D eigenvalue weighted by atomic mass is 10.2. The molecule has 0 saturated carbocycles. The van der Waals surface area contributed by atoms with Gasteiger partial charge >= 0.3 is 0 Å². The Balaban J connectivity index is 2.33. The standard InChI is InChI=1S/C14H17N5O/c1-2-19(10-11-6-4-3-5-7-11)14-12(13(15)18-20)8-9-16-17-14/h3-9,20H,2,10H2,1H3,(H2,15,18). The van der Waals surface area contributed by atoms with Gasteiger partial charge in [-0.15, -0.1) is 5.10 Å². The van der Waals surface area contributed by atoms with Gasteiger partial charge in [0.2, 0.25) is 0 Å². The van der Waals surface area contributed by atoms with Crippen molar-refractivity contribution in [2.45, 2.75) is 13.5 Å². The van der Waals surface area contributed by atoms with Crippen LogP contribution in [0.3, 0.4) is 0 Å². The maximum absolute atomic E-state index is 8.85. The fraction of sp³-hybridized carbons (Fsp3) is 0.214. The van der Waals surface area contributed by atoms with E-state index in [2.05, 4.69) is 15.4 Å². The molecule has 0 aliphatic carbocycles. The van der Waals surface area contributed by atoms with Gasteiger partial charge in [-0.1, -0.05) is 35.5 Å². The summed E-state index contributed by atoms with van der Waals surface area (Å²) in [5.74, 6) is 0.635. The summed E-state index contributed by atoms with van der Waals surface area (Å²) in [6, 6.07) is 11.7. The molecule has 6 nitrogen and oxygen atoms in total. The van der Waals surface area contributed by atoms with E-state index in [1.165, 1.54) is 6.20 Å². The van der Waals surface area contributed by atoms with Gasteiger partial charge in [0.15, 0.2) is 11.7 Å². The fourth-order valence-electron chi connectivity index (χ4n) is 1.95. The Labute approximate surface area is 117 Å². The number of anilines is 1. The Morgan fingerprint density at radius 3 is 2.70 bits per heavy atom. The van der Waals surface area contributed by atoms with Crippen LogP contribution in [0.2, 0.25) is 0 Å². The second-order valence-electron chi connectivity index (χ2n) is 4.25. The summed E-state index contributed by atoms with van der Waals surface area (Å²) in [5, 5.41) is 19.9. The van der Waals surface area contributed by atoms with Crippen LogP contribution < -0.4 is 10.6 Å². The van der Waals surface area contributed by atoms with Gasteiger partial charge in [0.25, 0.3) is 0 Å². The second kappa shape index (κ2) is 6.51. The van der Waals surface area contributed by atoms with E-state index in [0.717, 1.165) is 12.1 Å². The Hall–Kier alpha value is -2.63. The summed E-state index contributed by atoms with van der Waals surface area (Å²) < 4.78 is 0. The molecule has 0 radical (unpaired) electrons. The number of aromatic nitrogens is 2. The average Bonchev–Trinajstić information content (AvgIpc) is 2.53. The zero-order valence-corrected chi connectivity index (χ0v) is 11.3. The van der Waals surface area contributed by atoms with Crippen LogP contribution in [0.25, 0.3) is 0 Å². The van der Waals surface area contributed by atoms with Crippen molar-refractivity contribution < 1.29 is 5.21 Å². The zero-order valence-electron chi connectivity index (χ0n) is 11.3. The molecule has 104 valence electrons. The van der Waals surface area contributed by atoms with Crippen LogP contribution in [0.4, 0.5) is 5.82 Å². The number of nitrogens with zero attached hydrogens (tertiary/aromatic N) is 4. The SMILES string of the molecule is CCN(Cc1ccccc1)c1nnccc1/C(N)=N/O. The molecule has 0 fully saturated rings. The molecule has 2 rings (SSSR count). The molecule has 0 atom stereocenters. The normalized spacial score (nSPS) is 11.3. The average molecular weight is 271 g/mol. The molecule has 0 spiro atoms. The second-order valence-corrected chi connectivity index (χ2v) is 4.25. The lowest BCUT2D eigenvalue weighted by molar-refractivity contribution is 0.318. The summed E-state index contributed by atoms with van der Waals surface area (Å²) in [5.41, 5.74) is 7.41. The van der Waals surface area contributed by atoms with E-state index < -0.39 is 0 Å². The van der Waals surface area contributed by atoms with Crippen molar-refractivity contribution in [2.75, 3.05) is 11.4 Å². The number of hydrogen-bond donors (Lipinski definition) is 2.